The summed E-state index contributed by atoms with van der Waals surface area (Å²) < 4.78 is 10.1. The van der Waals surface area contributed by atoms with E-state index in [1.165, 1.54) is 12.0 Å². The molecule has 0 aliphatic carbocycles. The zero-order valence-corrected chi connectivity index (χ0v) is 12.5. The van der Waals surface area contributed by atoms with Crippen molar-refractivity contribution in [2.45, 2.75) is 6.42 Å². The molecule has 0 saturated heterocycles. The number of hydrogen-bond donors (Lipinski definition) is 0. The molecule has 21 heavy (non-hydrogen) atoms. The van der Waals surface area contributed by atoms with Gasteiger partial charge in [0.1, 0.15) is 0 Å². The maximum atomic E-state index is 11.7. The van der Waals surface area contributed by atoms with Crippen molar-refractivity contribution in [3.63, 3.8) is 0 Å². The van der Waals surface area contributed by atoms with Gasteiger partial charge in [0.15, 0.2) is 5.75 Å². The van der Waals surface area contributed by atoms with Gasteiger partial charge in [-0.3, -0.25) is 0 Å². The number of nitrogens with zero attached hydrogens (tertiary/aromatic N) is 2. The number of carbonyl (C=O) groups excluding carboxylic acids is 2. The minimum Gasteiger partial charge on any atom is -0.466 e. The van der Waals surface area contributed by atoms with Crippen LogP contribution in [-0.4, -0.2) is 45.2 Å². The Morgan fingerprint density at radius 2 is 2.00 bits per heavy atom. The first kappa shape index (κ1) is 14.9. The first-order chi connectivity index (χ1) is 9.93. The van der Waals surface area contributed by atoms with E-state index in [4.69, 9.17) is 9.47 Å². The lowest BCUT2D eigenvalue weighted by Crippen LogP contribution is -2.27. The van der Waals surface area contributed by atoms with E-state index < -0.39 is 6.09 Å². The zero-order valence-electron chi connectivity index (χ0n) is 12.5. The summed E-state index contributed by atoms with van der Waals surface area (Å²) in [6.07, 6.45) is 1.69. The van der Waals surface area contributed by atoms with E-state index in [9.17, 15) is 9.59 Å². The van der Waals surface area contributed by atoms with Crippen LogP contribution in [-0.2, 0) is 16.0 Å². The van der Waals surface area contributed by atoms with Crippen LogP contribution in [0.2, 0.25) is 0 Å². The normalized spacial score (nSPS) is 13.1. The first-order valence-corrected chi connectivity index (χ1v) is 6.47. The molecule has 112 valence electrons. The van der Waals surface area contributed by atoms with Crippen LogP contribution < -0.4 is 9.64 Å². The molecule has 0 radical (unpaired) electrons. The summed E-state index contributed by atoms with van der Waals surface area (Å²) >= 11 is 0. The van der Waals surface area contributed by atoms with Gasteiger partial charge < -0.3 is 19.3 Å². The molecule has 6 heteroatoms. The van der Waals surface area contributed by atoms with Crippen LogP contribution >= 0.6 is 0 Å². The monoisotopic (exact) mass is 290 g/mol. The molecule has 1 heterocycles. The fourth-order valence-electron chi connectivity index (χ4n) is 2.18. The summed E-state index contributed by atoms with van der Waals surface area (Å²) in [5.74, 6) is 0.108. The second-order valence-corrected chi connectivity index (χ2v) is 4.96. The number of carbonyl (C=O) groups is 2. The number of ether oxygens (including phenoxy) is 2. The summed E-state index contributed by atoms with van der Waals surface area (Å²) in [5.41, 5.74) is 2.24. The molecular formula is C15H18N2O4. The van der Waals surface area contributed by atoms with Crippen molar-refractivity contribution in [2.24, 2.45) is 0 Å². The Hall–Kier alpha value is -2.50. The lowest BCUT2D eigenvalue weighted by molar-refractivity contribution is -0.136. The molecule has 1 aliphatic heterocycles. The van der Waals surface area contributed by atoms with E-state index in [0.29, 0.717) is 17.7 Å². The molecule has 0 aromatic heterocycles. The Kier molecular flexibility index (Phi) is 4.16. The largest absolute Gasteiger partial charge is 0.466 e. The van der Waals surface area contributed by atoms with Gasteiger partial charge in [0.05, 0.1) is 18.4 Å². The van der Waals surface area contributed by atoms with E-state index in [0.717, 1.165) is 11.3 Å². The van der Waals surface area contributed by atoms with Crippen LogP contribution in [0.4, 0.5) is 10.5 Å². The van der Waals surface area contributed by atoms with Crippen LogP contribution in [0.3, 0.4) is 0 Å². The van der Waals surface area contributed by atoms with Gasteiger partial charge in [-0.05, 0) is 11.6 Å². The number of benzene rings is 1. The number of hydrogen-bond acceptors (Lipinski definition) is 5. The topological polar surface area (TPSA) is 59.1 Å². The molecule has 0 bridgehead atoms. The molecule has 0 fully saturated rings. The number of methoxy groups -OCH3 is 1. The number of rotatable bonds is 2. The Bertz CT molecular complexity index is 608. The Labute approximate surface area is 123 Å². The molecule has 0 unspecified atom stereocenters. The third-order valence-corrected chi connectivity index (χ3v) is 3.18. The van der Waals surface area contributed by atoms with Gasteiger partial charge in [-0.2, -0.15) is 0 Å². The highest BCUT2D eigenvalue weighted by atomic mass is 16.6. The lowest BCUT2D eigenvalue weighted by Gasteiger charge is -2.27. The molecule has 1 aliphatic rings. The quantitative estimate of drug-likeness (QED) is 0.777. The van der Waals surface area contributed by atoms with Crippen LogP contribution in [0.15, 0.2) is 30.0 Å². The second kappa shape index (κ2) is 5.87. The predicted molar refractivity (Wildman–Crippen MR) is 78.4 cm³/mol. The van der Waals surface area contributed by atoms with Crippen molar-refractivity contribution in [1.29, 1.82) is 0 Å². The van der Waals surface area contributed by atoms with Crippen molar-refractivity contribution < 1.29 is 19.1 Å². The molecule has 2 rings (SSSR count). The maximum Gasteiger partial charge on any atom is 0.414 e. The number of fused-ring (bicyclic) bond motifs is 1. The van der Waals surface area contributed by atoms with E-state index >= 15 is 0 Å². The highest BCUT2D eigenvalue weighted by Gasteiger charge is 2.24. The highest BCUT2D eigenvalue weighted by Crippen LogP contribution is 2.36. The van der Waals surface area contributed by atoms with Crippen molar-refractivity contribution in [1.82, 2.24) is 4.90 Å². The molecule has 6 nitrogen and oxygen atoms in total. The zero-order chi connectivity index (χ0) is 15.6. The summed E-state index contributed by atoms with van der Waals surface area (Å²) in [4.78, 5) is 26.5. The minimum atomic E-state index is -0.445. The molecule has 1 aromatic rings. The summed E-state index contributed by atoms with van der Waals surface area (Å²) in [7, 11) is 6.40. The van der Waals surface area contributed by atoms with Crippen molar-refractivity contribution in [2.75, 3.05) is 33.2 Å². The number of esters is 1. The smallest absolute Gasteiger partial charge is 0.414 e. The van der Waals surface area contributed by atoms with E-state index in [1.54, 1.807) is 44.4 Å². The SMILES string of the molecule is COC(=O)C1=CN(C)c2c(cccc2OC(=O)N(C)C)C1. The second-order valence-electron chi connectivity index (χ2n) is 4.96. The average molecular weight is 290 g/mol. The Balaban J connectivity index is 2.35. The van der Waals surface area contributed by atoms with Crippen LogP contribution in [0.25, 0.3) is 0 Å². The average Bonchev–Trinajstić information content (AvgIpc) is 2.45. The maximum absolute atomic E-state index is 11.7. The molecule has 0 saturated carbocycles. The van der Waals surface area contributed by atoms with E-state index in [-0.39, 0.29) is 5.97 Å². The van der Waals surface area contributed by atoms with Gasteiger partial charge in [0.25, 0.3) is 0 Å². The predicted octanol–water partition coefficient (Wildman–Crippen LogP) is 1.80. The number of para-hydroxylation sites is 1. The van der Waals surface area contributed by atoms with Crippen LogP contribution in [0.1, 0.15) is 5.56 Å². The van der Waals surface area contributed by atoms with Crippen molar-refractivity contribution >= 4 is 17.7 Å². The van der Waals surface area contributed by atoms with Gasteiger partial charge in [-0.1, -0.05) is 12.1 Å². The molecule has 1 aromatic carbocycles. The number of amides is 1. The molecular weight excluding hydrogens is 272 g/mol. The van der Waals surface area contributed by atoms with Crippen LogP contribution in [0.5, 0.6) is 5.75 Å². The van der Waals surface area contributed by atoms with Gasteiger partial charge >= 0.3 is 12.1 Å². The van der Waals surface area contributed by atoms with Crippen molar-refractivity contribution in [3.05, 3.63) is 35.5 Å². The van der Waals surface area contributed by atoms with Crippen LogP contribution in [0, 0.1) is 0 Å². The fraction of sp³-hybridized carbons (Fsp3) is 0.333. The standard InChI is InChI=1S/C15H18N2O4/c1-16(2)15(19)21-12-7-5-6-10-8-11(14(18)20-4)9-17(3)13(10)12/h5-7,9H,8H2,1-4H3. The molecule has 0 spiro atoms. The Morgan fingerprint density at radius 1 is 1.29 bits per heavy atom. The third kappa shape index (κ3) is 2.99. The van der Waals surface area contributed by atoms with Crippen molar-refractivity contribution in [3.8, 4) is 5.75 Å². The summed E-state index contributed by atoms with van der Waals surface area (Å²) in [6, 6.07) is 5.42. The van der Waals surface area contributed by atoms with Gasteiger partial charge in [0.2, 0.25) is 0 Å². The first-order valence-electron chi connectivity index (χ1n) is 6.47. The highest BCUT2D eigenvalue weighted by molar-refractivity contribution is 5.91. The van der Waals surface area contributed by atoms with Gasteiger partial charge in [-0.25, -0.2) is 9.59 Å². The van der Waals surface area contributed by atoms with E-state index in [2.05, 4.69) is 0 Å². The van der Waals surface area contributed by atoms with Gasteiger partial charge in [0, 0.05) is 33.8 Å². The lowest BCUT2D eigenvalue weighted by atomic mass is 9.99. The summed E-state index contributed by atoms with van der Waals surface area (Å²) in [5, 5.41) is 0. The number of anilines is 1. The molecule has 1 amide bonds. The summed E-state index contributed by atoms with van der Waals surface area (Å²) in [6.45, 7) is 0. The van der Waals surface area contributed by atoms with Gasteiger partial charge in [-0.15, -0.1) is 0 Å². The molecule has 0 atom stereocenters. The Morgan fingerprint density at radius 3 is 2.62 bits per heavy atom. The minimum absolute atomic E-state index is 0.358. The fourth-order valence-corrected chi connectivity index (χ4v) is 2.18. The third-order valence-electron chi connectivity index (χ3n) is 3.18. The van der Waals surface area contributed by atoms with E-state index in [1.807, 2.05) is 6.07 Å². The molecule has 0 N–H and O–H groups in total.